The van der Waals surface area contributed by atoms with Crippen molar-refractivity contribution in [2.75, 3.05) is 19.2 Å². The molecule has 2 heterocycles. The third-order valence-electron chi connectivity index (χ3n) is 4.57. The lowest BCUT2D eigenvalue weighted by Crippen LogP contribution is -2.19. The van der Waals surface area contributed by atoms with Crippen LogP contribution in [-0.2, 0) is 20.9 Å². The molecule has 1 aliphatic heterocycles. The Balaban J connectivity index is 1.56. The van der Waals surface area contributed by atoms with Gasteiger partial charge in [0.05, 0.1) is 23.2 Å². The number of thioether (sulfide) groups is 1. The molecule has 0 radical (unpaired) electrons. The number of aryl methyl sites for hydroxylation is 1. The smallest absolute Gasteiger partial charge is 0.307 e. The summed E-state index contributed by atoms with van der Waals surface area (Å²) >= 11 is 3.02. The fourth-order valence-electron chi connectivity index (χ4n) is 3.13. The number of hydrogen-bond acceptors (Lipinski definition) is 7. The molecule has 0 N–H and O–H groups in total. The Bertz CT molecular complexity index is 1150. The van der Waals surface area contributed by atoms with Crippen LogP contribution in [0.2, 0.25) is 0 Å². The molecule has 1 aromatic heterocycles. The van der Waals surface area contributed by atoms with Gasteiger partial charge in [0.15, 0.2) is 16.3 Å². The van der Waals surface area contributed by atoms with Crippen LogP contribution >= 0.6 is 23.1 Å². The number of rotatable bonds is 8. The zero-order valence-electron chi connectivity index (χ0n) is 17.0. The lowest BCUT2D eigenvalue weighted by Gasteiger charge is -2.06. The number of ether oxygens (including phenoxy) is 3. The van der Waals surface area contributed by atoms with Crippen LogP contribution < -0.4 is 14.3 Å². The number of esters is 1. The lowest BCUT2D eigenvalue weighted by atomic mass is 10.3. The van der Waals surface area contributed by atoms with Gasteiger partial charge >= 0.3 is 5.97 Å². The van der Waals surface area contributed by atoms with Crippen LogP contribution in [-0.4, -0.2) is 35.6 Å². The first kappa shape index (κ1) is 21.5. The minimum atomic E-state index is -0.286. The predicted molar refractivity (Wildman–Crippen MR) is 120 cm³/mol. The van der Waals surface area contributed by atoms with E-state index >= 15 is 0 Å². The highest BCUT2D eigenvalue weighted by molar-refractivity contribution is 7.99. The first-order valence-corrected chi connectivity index (χ1v) is 11.8. The number of fused-ring (bicyclic) bond motifs is 2. The lowest BCUT2D eigenvalue weighted by molar-refractivity contribution is -0.143. The second-order valence-electron chi connectivity index (χ2n) is 6.68. The Labute approximate surface area is 187 Å². The van der Waals surface area contributed by atoms with Crippen molar-refractivity contribution in [2.24, 2.45) is 4.99 Å². The van der Waals surface area contributed by atoms with E-state index in [0.29, 0.717) is 41.6 Å². The molecule has 31 heavy (non-hydrogen) atoms. The van der Waals surface area contributed by atoms with Crippen LogP contribution in [0.5, 0.6) is 11.5 Å². The molecule has 1 aliphatic rings. The van der Waals surface area contributed by atoms with E-state index in [0.717, 1.165) is 15.1 Å². The average molecular weight is 459 g/mol. The highest BCUT2D eigenvalue weighted by Crippen LogP contribution is 2.37. The number of thiazole rings is 1. The number of benzene rings is 2. The third-order valence-corrected chi connectivity index (χ3v) is 6.63. The van der Waals surface area contributed by atoms with Crippen LogP contribution in [0.1, 0.15) is 19.8 Å². The minimum absolute atomic E-state index is 0.185. The molecule has 0 fully saturated rings. The topological polar surface area (TPSA) is 79.1 Å². The normalized spacial score (nSPS) is 13.0. The fraction of sp³-hybridized carbons (Fsp3) is 0.318. The van der Waals surface area contributed by atoms with Gasteiger partial charge in [0.2, 0.25) is 12.7 Å². The number of aromatic nitrogens is 1. The second kappa shape index (κ2) is 10.0. The van der Waals surface area contributed by atoms with Crippen LogP contribution in [0, 0.1) is 0 Å². The average Bonchev–Trinajstić information content (AvgIpc) is 3.35. The van der Waals surface area contributed by atoms with Crippen LogP contribution in [0.3, 0.4) is 0 Å². The molecule has 162 valence electrons. The molecule has 0 unspecified atom stereocenters. The number of hydrogen-bond donors (Lipinski definition) is 0. The van der Waals surface area contributed by atoms with Gasteiger partial charge in [-0.25, -0.2) is 0 Å². The molecule has 4 rings (SSSR count). The second-order valence-corrected chi connectivity index (χ2v) is 8.86. The van der Waals surface area contributed by atoms with Crippen molar-refractivity contribution in [2.45, 2.75) is 31.2 Å². The van der Waals surface area contributed by atoms with E-state index in [9.17, 15) is 9.59 Å². The summed E-state index contributed by atoms with van der Waals surface area (Å²) in [5.41, 5.74) is 0.851. The van der Waals surface area contributed by atoms with E-state index in [1.807, 2.05) is 47.0 Å². The quantitative estimate of drug-likeness (QED) is 0.375. The first-order valence-electron chi connectivity index (χ1n) is 9.98. The van der Waals surface area contributed by atoms with E-state index in [2.05, 4.69) is 4.99 Å². The molecule has 2 aromatic carbocycles. The van der Waals surface area contributed by atoms with Gasteiger partial charge in [0.25, 0.3) is 0 Å². The van der Waals surface area contributed by atoms with Crippen molar-refractivity contribution in [3.05, 3.63) is 47.3 Å². The Morgan fingerprint density at radius 3 is 2.71 bits per heavy atom. The van der Waals surface area contributed by atoms with Gasteiger partial charge in [-0.3, -0.25) is 9.59 Å². The van der Waals surface area contributed by atoms with Gasteiger partial charge in [0.1, 0.15) is 0 Å². The molecule has 0 bridgehead atoms. The maximum Gasteiger partial charge on any atom is 0.307 e. The molecule has 0 atom stereocenters. The number of amides is 1. The van der Waals surface area contributed by atoms with Crippen LogP contribution in [0.15, 0.2) is 52.4 Å². The van der Waals surface area contributed by atoms with Crippen molar-refractivity contribution < 1.29 is 23.8 Å². The Morgan fingerprint density at radius 1 is 1.16 bits per heavy atom. The van der Waals surface area contributed by atoms with Crippen molar-refractivity contribution in [3.8, 4) is 11.5 Å². The van der Waals surface area contributed by atoms with Gasteiger partial charge < -0.3 is 18.8 Å². The number of carbonyl (C=O) groups excluding carboxylic acids is 2. The van der Waals surface area contributed by atoms with Crippen LogP contribution in [0.4, 0.5) is 0 Å². The summed E-state index contributed by atoms with van der Waals surface area (Å²) in [6.45, 7) is 2.66. The molecule has 1 amide bonds. The minimum Gasteiger partial charge on any atom is -0.466 e. The monoisotopic (exact) mass is 458 g/mol. The SMILES string of the molecule is CCOC(=O)CCn1c(=NC(=O)CCSc2ccccc2)sc2cc3c(cc21)OCO3. The van der Waals surface area contributed by atoms with Gasteiger partial charge in [-0.1, -0.05) is 29.5 Å². The van der Waals surface area contributed by atoms with Crippen LogP contribution in [0.25, 0.3) is 10.2 Å². The molecular weight excluding hydrogens is 436 g/mol. The maximum atomic E-state index is 12.5. The summed E-state index contributed by atoms with van der Waals surface area (Å²) < 4.78 is 18.8. The zero-order valence-corrected chi connectivity index (χ0v) is 18.7. The molecule has 3 aromatic rings. The van der Waals surface area contributed by atoms with E-state index in [-0.39, 0.29) is 25.1 Å². The predicted octanol–water partition coefficient (Wildman–Crippen LogP) is 3.99. The number of carbonyl (C=O) groups is 2. The summed E-state index contributed by atoms with van der Waals surface area (Å²) in [6.07, 6.45) is 0.522. The molecule has 9 heteroatoms. The highest BCUT2D eigenvalue weighted by atomic mass is 32.2. The summed E-state index contributed by atoms with van der Waals surface area (Å²) in [6, 6.07) is 13.7. The molecule has 0 spiro atoms. The highest BCUT2D eigenvalue weighted by Gasteiger charge is 2.18. The summed E-state index contributed by atoms with van der Waals surface area (Å²) in [7, 11) is 0. The van der Waals surface area contributed by atoms with E-state index in [1.54, 1.807) is 18.7 Å². The van der Waals surface area contributed by atoms with Crippen molar-refractivity contribution in [1.29, 1.82) is 0 Å². The first-order chi connectivity index (χ1) is 15.1. The Hall–Kier alpha value is -2.78. The standard InChI is InChI=1S/C22H22N2O5S2/c1-2-27-21(26)8-10-24-16-12-17-18(29-14-28-17)13-19(16)31-22(24)23-20(25)9-11-30-15-6-4-3-5-7-15/h3-7,12-13H,2,8-11,14H2,1H3. The van der Waals surface area contributed by atoms with Crippen molar-refractivity contribution in [3.63, 3.8) is 0 Å². The molecule has 0 aliphatic carbocycles. The summed E-state index contributed by atoms with van der Waals surface area (Å²) in [5.74, 6) is 1.48. The van der Waals surface area contributed by atoms with Crippen molar-refractivity contribution >= 4 is 45.2 Å². The van der Waals surface area contributed by atoms with E-state index < -0.39 is 0 Å². The Morgan fingerprint density at radius 2 is 1.94 bits per heavy atom. The maximum absolute atomic E-state index is 12.5. The fourth-order valence-corrected chi connectivity index (χ4v) is 5.08. The van der Waals surface area contributed by atoms with Gasteiger partial charge in [-0.05, 0) is 19.1 Å². The van der Waals surface area contributed by atoms with E-state index in [1.165, 1.54) is 11.3 Å². The number of nitrogens with zero attached hydrogens (tertiary/aromatic N) is 2. The van der Waals surface area contributed by atoms with E-state index in [4.69, 9.17) is 14.2 Å². The van der Waals surface area contributed by atoms with Gasteiger partial charge in [-0.15, -0.1) is 11.8 Å². The molecular formula is C22H22N2O5S2. The molecule has 0 saturated heterocycles. The summed E-state index contributed by atoms with van der Waals surface area (Å²) in [5, 5.41) is 0. The third kappa shape index (κ3) is 5.29. The largest absolute Gasteiger partial charge is 0.466 e. The molecule has 7 nitrogen and oxygen atoms in total. The summed E-state index contributed by atoms with van der Waals surface area (Å²) in [4.78, 5) is 30.5. The molecule has 0 saturated carbocycles. The van der Waals surface area contributed by atoms with Gasteiger partial charge in [-0.2, -0.15) is 4.99 Å². The van der Waals surface area contributed by atoms with Gasteiger partial charge in [0, 0.05) is 35.7 Å². The zero-order chi connectivity index (χ0) is 21.6. The van der Waals surface area contributed by atoms with Crippen molar-refractivity contribution in [1.82, 2.24) is 4.57 Å². The Kier molecular flexibility index (Phi) is 6.93.